The summed E-state index contributed by atoms with van der Waals surface area (Å²) in [5.74, 6) is -0.929. The molecule has 0 saturated heterocycles. The quantitative estimate of drug-likeness (QED) is 0.681. The molecule has 0 spiro atoms. The van der Waals surface area contributed by atoms with E-state index in [-0.39, 0.29) is 29.6 Å². The zero-order valence-corrected chi connectivity index (χ0v) is 16.0. The maximum Gasteiger partial charge on any atom is 0.290 e. The smallest absolute Gasteiger partial charge is 0.273 e. The molecular formula is C21H22N4O3. The monoisotopic (exact) mass is 378 g/mol. The number of nitrogens with zero attached hydrogens (tertiary/aromatic N) is 2. The Hall–Kier alpha value is -3.48. The highest BCUT2D eigenvalue weighted by Crippen LogP contribution is 2.14. The van der Waals surface area contributed by atoms with E-state index in [0.717, 1.165) is 11.1 Å². The van der Waals surface area contributed by atoms with Crippen LogP contribution in [-0.4, -0.2) is 21.6 Å². The summed E-state index contributed by atoms with van der Waals surface area (Å²) < 4.78 is 1.27. The lowest BCUT2D eigenvalue weighted by atomic mass is 10.1. The van der Waals surface area contributed by atoms with Gasteiger partial charge in [-0.2, -0.15) is 5.10 Å². The topological polar surface area (TPSA) is 93.1 Å². The summed E-state index contributed by atoms with van der Waals surface area (Å²) >= 11 is 0. The zero-order valence-electron chi connectivity index (χ0n) is 16.0. The molecule has 0 unspecified atom stereocenters. The van der Waals surface area contributed by atoms with Crippen LogP contribution in [0.4, 0.5) is 0 Å². The van der Waals surface area contributed by atoms with Crippen molar-refractivity contribution in [2.24, 2.45) is 0 Å². The Labute approximate surface area is 162 Å². The number of fused-ring (bicyclic) bond motifs is 1. The van der Waals surface area contributed by atoms with Crippen LogP contribution >= 0.6 is 0 Å². The minimum atomic E-state index is -0.581. The average Bonchev–Trinajstić information content (AvgIpc) is 2.68. The molecule has 1 aromatic heterocycles. The first-order valence-corrected chi connectivity index (χ1v) is 9.03. The predicted octanol–water partition coefficient (Wildman–Crippen LogP) is 2.29. The van der Waals surface area contributed by atoms with E-state index in [9.17, 15) is 14.4 Å². The van der Waals surface area contributed by atoms with E-state index >= 15 is 0 Å². The van der Waals surface area contributed by atoms with Crippen LogP contribution in [0.5, 0.6) is 0 Å². The lowest BCUT2D eigenvalue weighted by Crippen LogP contribution is -2.43. The molecule has 3 aromatic rings. The lowest BCUT2D eigenvalue weighted by Gasteiger charge is -2.13. The molecule has 2 aromatic carbocycles. The van der Waals surface area contributed by atoms with Gasteiger partial charge in [0.1, 0.15) is 0 Å². The second-order valence-corrected chi connectivity index (χ2v) is 6.90. The summed E-state index contributed by atoms with van der Waals surface area (Å²) in [6, 6.07) is 14.2. The van der Waals surface area contributed by atoms with Gasteiger partial charge in [-0.15, -0.1) is 0 Å². The molecule has 3 rings (SSSR count). The molecular weight excluding hydrogens is 356 g/mol. The summed E-state index contributed by atoms with van der Waals surface area (Å²) in [7, 11) is 0. The predicted molar refractivity (Wildman–Crippen MR) is 107 cm³/mol. The van der Waals surface area contributed by atoms with Crippen LogP contribution in [-0.2, 0) is 11.2 Å². The number of nitrogens with one attached hydrogen (secondary N) is 2. The Morgan fingerprint density at radius 2 is 1.64 bits per heavy atom. The van der Waals surface area contributed by atoms with Crippen LogP contribution in [0.1, 0.15) is 41.5 Å². The number of hydrazine groups is 1. The van der Waals surface area contributed by atoms with Crippen molar-refractivity contribution < 1.29 is 9.59 Å². The van der Waals surface area contributed by atoms with Gasteiger partial charge < -0.3 is 0 Å². The molecule has 28 heavy (non-hydrogen) atoms. The third kappa shape index (κ3) is 4.09. The molecule has 2 N–H and O–H groups in total. The van der Waals surface area contributed by atoms with Crippen LogP contribution in [0.15, 0.2) is 53.3 Å². The van der Waals surface area contributed by atoms with Crippen LogP contribution in [0.25, 0.3) is 10.8 Å². The highest BCUT2D eigenvalue weighted by Gasteiger charge is 2.18. The maximum absolute atomic E-state index is 12.6. The Balaban J connectivity index is 1.79. The van der Waals surface area contributed by atoms with E-state index in [1.165, 1.54) is 4.68 Å². The van der Waals surface area contributed by atoms with Crippen molar-refractivity contribution in [1.29, 1.82) is 0 Å². The minimum absolute atomic E-state index is 0.0829. The number of rotatable bonds is 4. The van der Waals surface area contributed by atoms with Gasteiger partial charge in [0.25, 0.3) is 11.5 Å². The molecule has 144 valence electrons. The van der Waals surface area contributed by atoms with E-state index in [1.807, 2.05) is 45.0 Å². The number of carbonyl (C=O) groups is 2. The Morgan fingerprint density at radius 1 is 1.00 bits per heavy atom. The summed E-state index contributed by atoms with van der Waals surface area (Å²) in [6.07, 6.45) is 0.139. The van der Waals surface area contributed by atoms with Crippen molar-refractivity contribution in [2.45, 2.75) is 33.2 Å². The van der Waals surface area contributed by atoms with Crippen molar-refractivity contribution in [1.82, 2.24) is 20.6 Å². The van der Waals surface area contributed by atoms with E-state index < -0.39 is 5.91 Å². The SMILES string of the molecule is Cc1ccc(CC(=O)NNC(=O)c2nn(C(C)C)c(=O)c3ccccc23)cc1. The average molecular weight is 378 g/mol. The molecule has 0 fully saturated rings. The summed E-state index contributed by atoms with van der Waals surface area (Å²) in [4.78, 5) is 37.3. The fourth-order valence-electron chi connectivity index (χ4n) is 2.85. The van der Waals surface area contributed by atoms with Crippen molar-refractivity contribution >= 4 is 22.6 Å². The van der Waals surface area contributed by atoms with Gasteiger partial charge in [0.05, 0.1) is 17.8 Å². The fraction of sp³-hybridized carbons (Fsp3) is 0.238. The normalized spacial score (nSPS) is 10.9. The van der Waals surface area contributed by atoms with Gasteiger partial charge in [0, 0.05) is 5.39 Å². The number of benzene rings is 2. The van der Waals surface area contributed by atoms with Gasteiger partial charge >= 0.3 is 0 Å². The van der Waals surface area contributed by atoms with Crippen LogP contribution in [0, 0.1) is 6.92 Å². The largest absolute Gasteiger partial charge is 0.290 e. The third-order valence-corrected chi connectivity index (χ3v) is 4.33. The van der Waals surface area contributed by atoms with Crippen molar-refractivity contribution in [3.63, 3.8) is 0 Å². The number of hydrogen-bond acceptors (Lipinski definition) is 4. The van der Waals surface area contributed by atoms with E-state index in [1.54, 1.807) is 24.3 Å². The molecule has 2 amide bonds. The minimum Gasteiger partial charge on any atom is -0.273 e. The first-order valence-electron chi connectivity index (χ1n) is 9.03. The molecule has 0 aliphatic heterocycles. The van der Waals surface area contributed by atoms with E-state index in [0.29, 0.717) is 10.8 Å². The van der Waals surface area contributed by atoms with Gasteiger partial charge in [0.2, 0.25) is 5.91 Å². The summed E-state index contributed by atoms with van der Waals surface area (Å²) in [6.45, 7) is 5.60. The van der Waals surface area contributed by atoms with Gasteiger partial charge in [-0.25, -0.2) is 4.68 Å². The van der Waals surface area contributed by atoms with Crippen molar-refractivity contribution in [3.8, 4) is 0 Å². The highest BCUT2D eigenvalue weighted by molar-refractivity contribution is 6.05. The van der Waals surface area contributed by atoms with Crippen molar-refractivity contribution in [2.75, 3.05) is 0 Å². The third-order valence-electron chi connectivity index (χ3n) is 4.33. The molecule has 7 heteroatoms. The number of aromatic nitrogens is 2. The van der Waals surface area contributed by atoms with Crippen LogP contribution in [0.3, 0.4) is 0 Å². The molecule has 0 aliphatic rings. The summed E-state index contributed by atoms with van der Waals surface area (Å²) in [5.41, 5.74) is 6.57. The lowest BCUT2D eigenvalue weighted by molar-refractivity contribution is -0.121. The highest BCUT2D eigenvalue weighted by atomic mass is 16.2. The van der Waals surface area contributed by atoms with Gasteiger partial charge in [-0.1, -0.05) is 48.0 Å². The molecule has 0 aliphatic carbocycles. The number of hydrogen-bond donors (Lipinski definition) is 2. The molecule has 0 radical (unpaired) electrons. The number of carbonyl (C=O) groups excluding carboxylic acids is 2. The zero-order chi connectivity index (χ0) is 20.3. The molecule has 1 heterocycles. The second-order valence-electron chi connectivity index (χ2n) is 6.90. The fourth-order valence-corrected chi connectivity index (χ4v) is 2.85. The molecule has 0 saturated carbocycles. The van der Waals surface area contributed by atoms with Crippen LogP contribution in [0.2, 0.25) is 0 Å². The molecule has 0 atom stereocenters. The first-order chi connectivity index (χ1) is 13.4. The molecule has 0 bridgehead atoms. The van der Waals surface area contributed by atoms with Gasteiger partial charge in [0.15, 0.2) is 5.69 Å². The Kier molecular flexibility index (Phi) is 5.54. The van der Waals surface area contributed by atoms with Gasteiger partial charge in [-0.05, 0) is 32.4 Å². The van der Waals surface area contributed by atoms with Crippen molar-refractivity contribution in [3.05, 3.63) is 75.7 Å². The maximum atomic E-state index is 12.6. The first kappa shape index (κ1) is 19.3. The van der Waals surface area contributed by atoms with Gasteiger partial charge in [-0.3, -0.25) is 25.2 Å². The summed E-state index contributed by atoms with van der Waals surface area (Å²) in [5, 5.41) is 5.06. The Bertz CT molecular complexity index is 1080. The van der Waals surface area contributed by atoms with Crippen LogP contribution < -0.4 is 16.4 Å². The standard InChI is InChI=1S/C21H22N4O3/c1-13(2)25-21(28)17-7-5-4-6-16(17)19(24-25)20(27)23-22-18(26)12-15-10-8-14(3)9-11-15/h4-11,13H,12H2,1-3H3,(H,22,26)(H,23,27). The van der Waals surface area contributed by atoms with E-state index in [2.05, 4.69) is 16.0 Å². The molecule has 7 nitrogen and oxygen atoms in total. The Morgan fingerprint density at radius 3 is 2.29 bits per heavy atom. The number of aryl methyl sites for hydroxylation is 1. The second kappa shape index (κ2) is 8.04. The number of amides is 2. The van der Waals surface area contributed by atoms with E-state index in [4.69, 9.17) is 0 Å².